The van der Waals surface area contributed by atoms with Crippen LogP contribution in [0.4, 0.5) is 5.69 Å². The van der Waals surface area contributed by atoms with Crippen LogP contribution in [-0.2, 0) is 20.9 Å². The second-order valence-electron chi connectivity index (χ2n) is 7.62. The summed E-state index contributed by atoms with van der Waals surface area (Å²) >= 11 is 7.80. The highest BCUT2D eigenvalue weighted by molar-refractivity contribution is 7.13. The number of rotatable bonds is 6. The highest BCUT2D eigenvalue weighted by atomic mass is 35.5. The molecule has 1 aliphatic rings. The number of amides is 1. The monoisotopic (exact) mass is 490 g/mol. The summed E-state index contributed by atoms with van der Waals surface area (Å²) in [6.45, 7) is -0.187. The van der Waals surface area contributed by atoms with Gasteiger partial charge in [0.1, 0.15) is 23.9 Å². The lowest BCUT2D eigenvalue weighted by Crippen LogP contribution is -2.42. The Kier molecular flexibility index (Phi) is 6.29. The van der Waals surface area contributed by atoms with Gasteiger partial charge in [0.25, 0.3) is 5.91 Å². The Morgan fingerprint density at radius 3 is 2.71 bits per heavy atom. The highest BCUT2D eigenvalue weighted by Crippen LogP contribution is 2.38. The van der Waals surface area contributed by atoms with Crippen LogP contribution < -0.4 is 9.64 Å². The summed E-state index contributed by atoms with van der Waals surface area (Å²) in [5.41, 5.74) is 3.80. The molecule has 1 aliphatic heterocycles. The van der Waals surface area contributed by atoms with Crippen LogP contribution in [0.1, 0.15) is 5.56 Å². The van der Waals surface area contributed by atoms with E-state index in [1.807, 2.05) is 72.1 Å². The number of hydrogen-bond donors (Lipinski definition) is 0. The number of halogens is 1. The number of anilines is 1. The van der Waals surface area contributed by atoms with Crippen molar-refractivity contribution in [3.63, 3.8) is 0 Å². The molecule has 8 heteroatoms. The fourth-order valence-corrected chi connectivity index (χ4v) is 4.76. The molecule has 0 spiro atoms. The van der Waals surface area contributed by atoms with Gasteiger partial charge in [-0.2, -0.15) is 0 Å². The Morgan fingerprint density at radius 2 is 1.88 bits per heavy atom. The molecule has 1 amide bonds. The molecule has 4 aromatic rings. The zero-order valence-electron chi connectivity index (χ0n) is 17.9. The van der Waals surface area contributed by atoms with E-state index in [9.17, 15) is 9.59 Å². The first kappa shape index (κ1) is 22.1. The SMILES string of the molecule is O=C(CN1C(=O)COc2ccc(-c3csc(-c4ccccc4Cl)n3)cc21)OCc1ccccc1. The summed E-state index contributed by atoms with van der Waals surface area (Å²) in [7, 11) is 0. The largest absolute Gasteiger partial charge is 0.482 e. The topological polar surface area (TPSA) is 68.7 Å². The summed E-state index contributed by atoms with van der Waals surface area (Å²) in [4.78, 5) is 31.2. The van der Waals surface area contributed by atoms with Gasteiger partial charge in [-0.05, 0) is 29.8 Å². The fourth-order valence-electron chi connectivity index (χ4n) is 3.61. The van der Waals surface area contributed by atoms with E-state index in [1.165, 1.54) is 16.2 Å². The molecule has 0 N–H and O–H groups in total. The van der Waals surface area contributed by atoms with Gasteiger partial charge in [-0.25, -0.2) is 4.98 Å². The van der Waals surface area contributed by atoms with Crippen molar-refractivity contribution >= 4 is 40.5 Å². The van der Waals surface area contributed by atoms with Crippen molar-refractivity contribution in [1.29, 1.82) is 0 Å². The number of esters is 1. The van der Waals surface area contributed by atoms with E-state index in [-0.39, 0.29) is 25.7 Å². The summed E-state index contributed by atoms with van der Waals surface area (Å²) in [6.07, 6.45) is 0. The van der Waals surface area contributed by atoms with Crippen LogP contribution in [0.15, 0.2) is 78.2 Å². The number of carbonyl (C=O) groups excluding carboxylic acids is 2. The van der Waals surface area contributed by atoms with Gasteiger partial charge in [-0.15, -0.1) is 11.3 Å². The molecule has 3 aromatic carbocycles. The van der Waals surface area contributed by atoms with Crippen LogP contribution in [0.25, 0.3) is 21.8 Å². The number of fused-ring (bicyclic) bond motifs is 1. The number of hydrogen-bond acceptors (Lipinski definition) is 6. The number of thiazole rings is 1. The van der Waals surface area contributed by atoms with Crippen molar-refractivity contribution in [2.45, 2.75) is 6.61 Å². The highest BCUT2D eigenvalue weighted by Gasteiger charge is 2.28. The van der Waals surface area contributed by atoms with Crippen LogP contribution in [-0.4, -0.2) is 30.0 Å². The second-order valence-corrected chi connectivity index (χ2v) is 8.88. The summed E-state index contributed by atoms with van der Waals surface area (Å²) in [5, 5.41) is 3.37. The van der Waals surface area contributed by atoms with Gasteiger partial charge in [0, 0.05) is 16.5 Å². The minimum atomic E-state index is -0.495. The third-order valence-electron chi connectivity index (χ3n) is 5.34. The molecule has 0 unspecified atom stereocenters. The lowest BCUT2D eigenvalue weighted by Gasteiger charge is -2.29. The zero-order chi connectivity index (χ0) is 23.5. The maximum atomic E-state index is 12.6. The van der Waals surface area contributed by atoms with Gasteiger partial charge in [-0.1, -0.05) is 60.1 Å². The fraction of sp³-hybridized carbons (Fsp3) is 0.115. The van der Waals surface area contributed by atoms with E-state index in [1.54, 1.807) is 6.07 Å². The van der Waals surface area contributed by atoms with Crippen LogP contribution in [0.2, 0.25) is 5.02 Å². The molecule has 6 nitrogen and oxygen atoms in total. The third-order valence-corrected chi connectivity index (χ3v) is 6.54. The first-order valence-electron chi connectivity index (χ1n) is 10.6. The molecule has 34 heavy (non-hydrogen) atoms. The van der Waals surface area contributed by atoms with E-state index in [2.05, 4.69) is 0 Å². The van der Waals surface area contributed by atoms with E-state index < -0.39 is 5.97 Å². The Hall–Kier alpha value is -3.68. The summed E-state index contributed by atoms with van der Waals surface area (Å²) in [6, 6.07) is 22.4. The molecule has 170 valence electrons. The lowest BCUT2D eigenvalue weighted by molar-refractivity contribution is -0.144. The molecule has 0 radical (unpaired) electrons. The molecule has 0 bridgehead atoms. The molecule has 0 aliphatic carbocycles. The quantitative estimate of drug-likeness (QED) is 0.329. The van der Waals surface area contributed by atoms with Gasteiger partial charge in [0.2, 0.25) is 0 Å². The molecule has 0 atom stereocenters. The number of ether oxygens (including phenoxy) is 2. The number of carbonyl (C=O) groups is 2. The third kappa shape index (κ3) is 4.66. The van der Waals surface area contributed by atoms with Gasteiger partial charge >= 0.3 is 5.97 Å². The van der Waals surface area contributed by atoms with E-state index in [4.69, 9.17) is 26.1 Å². The van der Waals surface area contributed by atoms with Gasteiger partial charge in [0.05, 0.1) is 16.4 Å². The predicted molar refractivity (Wildman–Crippen MR) is 132 cm³/mol. The molecule has 1 aromatic heterocycles. The zero-order valence-corrected chi connectivity index (χ0v) is 19.5. The van der Waals surface area contributed by atoms with Crippen molar-refractivity contribution < 1.29 is 19.1 Å². The average molecular weight is 491 g/mol. The van der Waals surface area contributed by atoms with E-state index in [0.717, 1.165) is 27.4 Å². The maximum Gasteiger partial charge on any atom is 0.326 e. The smallest absolute Gasteiger partial charge is 0.326 e. The molecular formula is C26H19ClN2O4S. The van der Waals surface area contributed by atoms with Crippen LogP contribution in [0.5, 0.6) is 5.75 Å². The van der Waals surface area contributed by atoms with E-state index >= 15 is 0 Å². The van der Waals surface area contributed by atoms with Crippen molar-refractivity contribution in [3.05, 3.63) is 88.8 Å². The number of benzene rings is 3. The minimum Gasteiger partial charge on any atom is -0.482 e. The first-order chi connectivity index (χ1) is 16.6. The number of nitrogens with zero attached hydrogens (tertiary/aromatic N) is 2. The normalized spacial score (nSPS) is 12.7. The first-order valence-corrected chi connectivity index (χ1v) is 11.8. The van der Waals surface area contributed by atoms with E-state index in [0.29, 0.717) is 16.5 Å². The van der Waals surface area contributed by atoms with Gasteiger partial charge in [0.15, 0.2) is 6.61 Å². The van der Waals surface area contributed by atoms with Crippen molar-refractivity contribution in [2.75, 3.05) is 18.1 Å². The molecule has 0 saturated heterocycles. The lowest BCUT2D eigenvalue weighted by atomic mass is 10.1. The molecule has 2 heterocycles. The Morgan fingerprint density at radius 1 is 1.09 bits per heavy atom. The summed E-state index contributed by atoms with van der Waals surface area (Å²) in [5.74, 6) is -0.276. The van der Waals surface area contributed by atoms with Crippen molar-refractivity contribution in [2.24, 2.45) is 0 Å². The Bertz CT molecular complexity index is 1360. The predicted octanol–water partition coefficient (Wildman–Crippen LogP) is 5.60. The molecular weight excluding hydrogens is 472 g/mol. The second kappa shape index (κ2) is 9.67. The molecule has 5 rings (SSSR count). The standard InChI is InChI=1S/C26H19ClN2O4S/c27-20-9-5-4-8-19(20)26-28-21(16-34-26)18-10-11-23-22(12-18)29(24(30)15-32-23)13-25(31)33-14-17-6-2-1-3-7-17/h1-12,16H,13-15H2. The average Bonchev–Trinajstić information content (AvgIpc) is 3.35. The van der Waals surface area contributed by atoms with Gasteiger partial charge in [-0.3, -0.25) is 14.5 Å². The maximum absolute atomic E-state index is 12.6. The molecule has 0 saturated carbocycles. The van der Waals surface area contributed by atoms with Crippen molar-refractivity contribution in [1.82, 2.24) is 4.98 Å². The van der Waals surface area contributed by atoms with Crippen LogP contribution >= 0.6 is 22.9 Å². The Labute approximate surface area is 205 Å². The van der Waals surface area contributed by atoms with Crippen LogP contribution in [0, 0.1) is 0 Å². The summed E-state index contributed by atoms with van der Waals surface area (Å²) < 4.78 is 11.0. The Balaban J connectivity index is 1.37. The van der Waals surface area contributed by atoms with Crippen LogP contribution in [0.3, 0.4) is 0 Å². The molecule has 0 fully saturated rings. The number of aromatic nitrogens is 1. The van der Waals surface area contributed by atoms with Gasteiger partial charge < -0.3 is 9.47 Å². The minimum absolute atomic E-state index is 0.133. The van der Waals surface area contributed by atoms with Crippen molar-refractivity contribution in [3.8, 4) is 27.6 Å².